The molecule has 132 valence electrons. The maximum atomic E-state index is 10.8. The number of halogens is 3. The molecular weight excluding hydrogens is 563 g/mol. The van der Waals surface area contributed by atoms with E-state index in [4.69, 9.17) is 11.5 Å². The fraction of sp³-hybridized carbons (Fsp3) is 0.167. The highest BCUT2D eigenvalue weighted by Gasteiger charge is 1.98. The van der Waals surface area contributed by atoms with Crippen LogP contribution in [0.4, 0.5) is 11.4 Å². The maximum absolute atomic E-state index is 10.8. The first-order valence-electron chi connectivity index (χ1n) is 7.14. The lowest BCUT2D eigenvalue weighted by Gasteiger charge is -1.98. The van der Waals surface area contributed by atoms with Crippen LogP contribution in [-0.2, 0) is 9.53 Å². The van der Waals surface area contributed by atoms with Crippen LogP contribution in [-0.4, -0.2) is 13.1 Å². The summed E-state index contributed by atoms with van der Waals surface area (Å²) < 4.78 is 7.59. The molecule has 4 nitrogen and oxygen atoms in total. The first-order chi connectivity index (χ1) is 11.8. The fourth-order valence-corrected chi connectivity index (χ4v) is 3.23. The van der Waals surface area contributed by atoms with Crippen LogP contribution in [0.15, 0.2) is 45.3 Å². The average molecular weight is 580 g/mol. The molecule has 2 aromatic rings. The fourth-order valence-electron chi connectivity index (χ4n) is 1.56. The van der Waals surface area contributed by atoms with Crippen LogP contribution in [0.25, 0.3) is 0 Å². The molecule has 0 saturated heterocycles. The largest absolute Gasteiger partial charge is 0.469 e. The van der Waals surface area contributed by atoms with Crippen molar-refractivity contribution in [3.05, 3.63) is 54.5 Å². The summed E-state index contributed by atoms with van der Waals surface area (Å²) in [5.74, 6) is 5.55. The summed E-state index contributed by atoms with van der Waals surface area (Å²) in [6.45, 7) is 0. The molecule has 0 saturated carbocycles. The molecule has 0 fully saturated rings. The lowest BCUT2D eigenvalue weighted by molar-refractivity contribution is -0.140. The van der Waals surface area contributed by atoms with Gasteiger partial charge in [0.15, 0.2) is 0 Å². The molecule has 4 N–H and O–H groups in total. The SMILES string of the molecule is COC(=O)CCC#Cc1cc(Br)ccc1N.Nc1ccc(Br)cc1I. The molecular formula is C18H17Br2IN2O2. The Bertz CT molecular complexity index is 801. The highest BCUT2D eigenvalue weighted by atomic mass is 127. The molecule has 0 heterocycles. The molecule has 25 heavy (non-hydrogen) atoms. The number of carbonyl (C=O) groups is 1. The van der Waals surface area contributed by atoms with Crippen molar-refractivity contribution in [3.8, 4) is 11.8 Å². The molecule has 2 rings (SSSR count). The van der Waals surface area contributed by atoms with Gasteiger partial charge < -0.3 is 16.2 Å². The maximum Gasteiger partial charge on any atom is 0.306 e. The summed E-state index contributed by atoms with van der Waals surface area (Å²) in [5.41, 5.74) is 13.5. The van der Waals surface area contributed by atoms with Gasteiger partial charge in [-0.05, 0) is 59.0 Å². The van der Waals surface area contributed by atoms with Crippen molar-refractivity contribution in [2.75, 3.05) is 18.6 Å². The molecule has 0 aliphatic carbocycles. The zero-order valence-electron chi connectivity index (χ0n) is 13.5. The average Bonchev–Trinajstić information content (AvgIpc) is 2.58. The van der Waals surface area contributed by atoms with Gasteiger partial charge in [-0.3, -0.25) is 4.79 Å². The zero-order valence-corrected chi connectivity index (χ0v) is 18.8. The summed E-state index contributed by atoms with van der Waals surface area (Å²) in [4.78, 5) is 10.8. The number of hydrogen-bond acceptors (Lipinski definition) is 4. The van der Waals surface area contributed by atoms with Crippen molar-refractivity contribution in [3.63, 3.8) is 0 Å². The van der Waals surface area contributed by atoms with Gasteiger partial charge >= 0.3 is 5.97 Å². The van der Waals surface area contributed by atoms with Crippen LogP contribution < -0.4 is 11.5 Å². The third-order valence-corrected chi connectivity index (χ3v) is 4.80. The smallest absolute Gasteiger partial charge is 0.306 e. The van der Waals surface area contributed by atoms with Crippen LogP contribution in [0, 0.1) is 15.4 Å². The number of anilines is 2. The van der Waals surface area contributed by atoms with Gasteiger partial charge in [0.2, 0.25) is 0 Å². The van der Waals surface area contributed by atoms with Crippen molar-refractivity contribution in [2.24, 2.45) is 0 Å². The summed E-state index contributed by atoms with van der Waals surface area (Å²) in [6, 6.07) is 11.3. The van der Waals surface area contributed by atoms with Gasteiger partial charge in [0, 0.05) is 35.9 Å². The van der Waals surface area contributed by atoms with E-state index in [1.165, 1.54) is 7.11 Å². The molecule has 0 radical (unpaired) electrons. The summed E-state index contributed by atoms with van der Waals surface area (Å²) >= 11 is 8.87. The van der Waals surface area contributed by atoms with Crippen molar-refractivity contribution in [1.29, 1.82) is 0 Å². The second-order valence-electron chi connectivity index (χ2n) is 4.78. The summed E-state index contributed by atoms with van der Waals surface area (Å²) in [6.07, 6.45) is 0.774. The van der Waals surface area contributed by atoms with E-state index in [1.807, 2.05) is 30.3 Å². The third kappa shape index (κ3) is 8.61. The van der Waals surface area contributed by atoms with E-state index in [1.54, 1.807) is 6.07 Å². The van der Waals surface area contributed by atoms with Gasteiger partial charge in [-0.1, -0.05) is 43.7 Å². The van der Waals surface area contributed by atoms with E-state index in [9.17, 15) is 4.79 Å². The number of rotatable bonds is 2. The molecule has 0 unspecified atom stereocenters. The number of benzene rings is 2. The molecule has 2 aromatic carbocycles. The van der Waals surface area contributed by atoms with Gasteiger partial charge in [0.25, 0.3) is 0 Å². The summed E-state index contributed by atoms with van der Waals surface area (Å²) in [7, 11) is 1.36. The van der Waals surface area contributed by atoms with Crippen LogP contribution in [0.5, 0.6) is 0 Å². The number of nitrogens with two attached hydrogens (primary N) is 2. The van der Waals surface area contributed by atoms with Crippen LogP contribution in [0.3, 0.4) is 0 Å². The Kier molecular flexibility index (Phi) is 9.93. The minimum absolute atomic E-state index is 0.253. The van der Waals surface area contributed by atoms with E-state index < -0.39 is 0 Å². The molecule has 0 amide bonds. The monoisotopic (exact) mass is 578 g/mol. The lowest BCUT2D eigenvalue weighted by Crippen LogP contribution is -1.98. The molecule has 0 aromatic heterocycles. The van der Waals surface area contributed by atoms with E-state index in [2.05, 4.69) is 71.0 Å². The van der Waals surface area contributed by atoms with Crippen molar-refractivity contribution in [2.45, 2.75) is 12.8 Å². The predicted molar refractivity (Wildman–Crippen MR) is 118 cm³/mol. The number of nitrogen functional groups attached to an aromatic ring is 2. The van der Waals surface area contributed by atoms with Gasteiger partial charge in [-0.25, -0.2) is 0 Å². The van der Waals surface area contributed by atoms with E-state index in [0.29, 0.717) is 18.5 Å². The highest BCUT2D eigenvalue weighted by molar-refractivity contribution is 14.1. The number of ether oxygens (including phenoxy) is 1. The molecule has 0 aliphatic rings. The Labute approximate surface area is 178 Å². The minimum Gasteiger partial charge on any atom is -0.469 e. The minimum atomic E-state index is -0.253. The van der Waals surface area contributed by atoms with Crippen LogP contribution >= 0.6 is 54.5 Å². The van der Waals surface area contributed by atoms with Crippen LogP contribution in [0.1, 0.15) is 18.4 Å². The predicted octanol–water partition coefficient (Wildman–Crippen LogP) is 4.97. The Hall–Kier alpha value is -1.24. The van der Waals surface area contributed by atoms with Crippen molar-refractivity contribution in [1.82, 2.24) is 0 Å². The lowest BCUT2D eigenvalue weighted by atomic mass is 10.2. The molecule has 0 spiro atoms. The Balaban J connectivity index is 0.000000293. The highest BCUT2D eigenvalue weighted by Crippen LogP contribution is 2.19. The third-order valence-electron chi connectivity index (χ3n) is 2.88. The number of carbonyl (C=O) groups excluding carboxylic acids is 1. The molecule has 0 aliphatic heterocycles. The second kappa shape index (κ2) is 11.4. The second-order valence-corrected chi connectivity index (χ2v) is 7.77. The van der Waals surface area contributed by atoms with Crippen molar-refractivity contribution >= 4 is 71.8 Å². The first-order valence-corrected chi connectivity index (χ1v) is 9.81. The number of hydrogen-bond donors (Lipinski definition) is 2. The Morgan fingerprint density at radius 1 is 1.12 bits per heavy atom. The number of esters is 1. The van der Waals surface area contributed by atoms with Crippen LogP contribution in [0.2, 0.25) is 0 Å². The van der Waals surface area contributed by atoms with E-state index in [0.717, 1.165) is 23.8 Å². The van der Waals surface area contributed by atoms with E-state index in [-0.39, 0.29) is 5.97 Å². The zero-order chi connectivity index (χ0) is 18.8. The summed E-state index contributed by atoms with van der Waals surface area (Å²) in [5, 5.41) is 0. The van der Waals surface area contributed by atoms with Crippen molar-refractivity contribution < 1.29 is 9.53 Å². The van der Waals surface area contributed by atoms with Gasteiger partial charge in [-0.2, -0.15) is 0 Å². The molecule has 7 heteroatoms. The Morgan fingerprint density at radius 3 is 2.28 bits per heavy atom. The topological polar surface area (TPSA) is 78.3 Å². The van der Waals surface area contributed by atoms with E-state index >= 15 is 0 Å². The standard InChI is InChI=1S/C12H12BrNO2.C6H5BrIN/c1-16-12(15)5-3-2-4-9-8-10(13)6-7-11(9)14;7-4-1-2-6(9)5(8)3-4/h6-8H,3,5,14H2,1H3;1-3H,9H2. The molecule has 0 bridgehead atoms. The van der Waals surface area contributed by atoms with Gasteiger partial charge in [0.1, 0.15) is 0 Å². The molecule has 0 atom stereocenters. The first kappa shape index (κ1) is 21.8. The number of methoxy groups -OCH3 is 1. The van der Waals surface area contributed by atoms with Gasteiger partial charge in [-0.15, -0.1) is 0 Å². The Morgan fingerprint density at radius 2 is 1.72 bits per heavy atom. The quantitative estimate of drug-likeness (QED) is 0.228. The van der Waals surface area contributed by atoms with Gasteiger partial charge in [0.05, 0.1) is 13.5 Å². The normalized spacial score (nSPS) is 9.28.